The van der Waals surface area contributed by atoms with E-state index in [1.54, 1.807) is 6.07 Å². The van der Waals surface area contributed by atoms with Gasteiger partial charge in [-0.2, -0.15) is 0 Å². The van der Waals surface area contributed by atoms with Crippen LogP contribution in [0.5, 0.6) is 0 Å². The molecule has 2 aromatic rings. The van der Waals surface area contributed by atoms with E-state index in [1.165, 1.54) is 24.3 Å². The van der Waals surface area contributed by atoms with Crippen molar-refractivity contribution in [2.24, 2.45) is 5.92 Å². The lowest BCUT2D eigenvalue weighted by atomic mass is 10.0. The van der Waals surface area contributed by atoms with Crippen LogP contribution in [0.15, 0.2) is 48.5 Å². The Morgan fingerprint density at radius 1 is 1.08 bits per heavy atom. The molecule has 0 saturated heterocycles. The fourth-order valence-corrected chi connectivity index (χ4v) is 2.50. The van der Waals surface area contributed by atoms with Gasteiger partial charge in [0.2, 0.25) is 5.91 Å². The molecule has 132 valence electrons. The smallest absolute Gasteiger partial charge is 0.251 e. The maximum atomic E-state index is 13.0. The number of halogens is 2. The lowest BCUT2D eigenvalue weighted by Crippen LogP contribution is -2.49. The summed E-state index contributed by atoms with van der Waals surface area (Å²) in [5, 5.41) is 6.05. The Kier molecular flexibility index (Phi) is 6.53. The van der Waals surface area contributed by atoms with Gasteiger partial charge in [-0.1, -0.05) is 43.6 Å². The van der Waals surface area contributed by atoms with E-state index in [-0.39, 0.29) is 18.4 Å². The molecule has 0 aliphatic carbocycles. The largest absolute Gasteiger partial charge is 0.350 e. The molecule has 2 rings (SSSR count). The topological polar surface area (TPSA) is 58.2 Å². The molecule has 0 aliphatic heterocycles. The molecular weight excluding hydrogens is 343 g/mol. The van der Waals surface area contributed by atoms with E-state index in [4.69, 9.17) is 11.6 Å². The van der Waals surface area contributed by atoms with Gasteiger partial charge in [-0.3, -0.25) is 9.59 Å². The molecule has 1 atom stereocenters. The summed E-state index contributed by atoms with van der Waals surface area (Å²) in [6.45, 7) is 3.95. The Balaban J connectivity index is 2.01. The maximum Gasteiger partial charge on any atom is 0.251 e. The number of carbonyl (C=O) groups is 2. The molecule has 2 N–H and O–H groups in total. The fraction of sp³-hybridized carbons (Fsp3) is 0.263. The molecule has 0 fully saturated rings. The van der Waals surface area contributed by atoms with Crippen molar-refractivity contribution in [3.8, 4) is 0 Å². The minimum Gasteiger partial charge on any atom is -0.350 e. The molecule has 2 amide bonds. The first kappa shape index (κ1) is 18.9. The van der Waals surface area contributed by atoms with Gasteiger partial charge < -0.3 is 10.6 Å². The third-order valence-electron chi connectivity index (χ3n) is 3.75. The average Bonchev–Trinajstić information content (AvgIpc) is 2.58. The van der Waals surface area contributed by atoms with E-state index < -0.39 is 17.8 Å². The average molecular weight is 363 g/mol. The normalized spacial score (nSPS) is 11.9. The van der Waals surface area contributed by atoms with Crippen molar-refractivity contribution in [1.82, 2.24) is 10.6 Å². The van der Waals surface area contributed by atoms with Gasteiger partial charge in [0.25, 0.3) is 5.91 Å². The highest BCUT2D eigenvalue weighted by Gasteiger charge is 2.24. The van der Waals surface area contributed by atoms with Crippen LogP contribution < -0.4 is 10.6 Å². The molecule has 0 saturated carbocycles. The summed E-state index contributed by atoms with van der Waals surface area (Å²) in [6, 6.07) is 11.7. The van der Waals surface area contributed by atoms with Crippen molar-refractivity contribution in [2.75, 3.05) is 0 Å². The van der Waals surface area contributed by atoms with Crippen molar-refractivity contribution in [3.05, 3.63) is 70.5 Å². The lowest BCUT2D eigenvalue weighted by molar-refractivity contribution is -0.124. The Morgan fingerprint density at radius 2 is 1.72 bits per heavy atom. The summed E-state index contributed by atoms with van der Waals surface area (Å²) in [6.07, 6.45) is 0. The van der Waals surface area contributed by atoms with Crippen LogP contribution in [0, 0.1) is 11.7 Å². The predicted molar refractivity (Wildman–Crippen MR) is 95.8 cm³/mol. The van der Waals surface area contributed by atoms with Crippen LogP contribution in [-0.4, -0.2) is 17.9 Å². The van der Waals surface area contributed by atoms with Crippen LogP contribution >= 0.6 is 11.6 Å². The van der Waals surface area contributed by atoms with Gasteiger partial charge in [-0.05, 0) is 41.8 Å². The molecular formula is C19H20ClFN2O2. The summed E-state index contributed by atoms with van der Waals surface area (Å²) in [4.78, 5) is 24.7. The van der Waals surface area contributed by atoms with Crippen molar-refractivity contribution in [1.29, 1.82) is 0 Å². The Labute approximate surface area is 151 Å². The highest BCUT2D eigenvalue weighted by Crippen LogP contribution is 2.14. The summed E-state index contributed by atoms with van der Waals surface area (Å²) in [5.74, 6) is -1.26. The molecule has 6 heteroatoms. The highest BCUT2D eigenvalue weighted by molar-refractivity contribution is 6.31. The molecule has 4 nitrogen and oxygen atoms in total. The van der Waals surface area contributed by atoms with Crippen LogP contribution in [0.4, 0.5) is 4.39 Å². The first-order valence-corrected chi connectivity index (χ1v) is 8.34. The molecule has 0 bridgehead atoms. The third-order valence-corrected chi connectivity index (χ3v) is 4.12. The van der Waals surface area contributed by atoms with Crippen LogP contribution in [0.25, 0.3) is 0 Å². The molecule has 0 unspecified atom stereocenters. The summed E-state index contributed by atoms with van der Waals surface area (Å²) >= 11 is 6.08. The lowest BCUT2D eigenvalue weighted by Gasteiger charge is -2.22. The monoisotopic (exact) mass is 362 g/mol. The molecule has 25 heavy (non-hydrogen) atoms. The second kappa shape index (κ2) is 8.62. The second-order valence-corrected chi connectivity index (χ2v) is 6.42. The van der Waals surface area contributed by atoms with Crippen LogP contribution in [0.2, 0.25) is 5.02 Å². The van der Waals surface area contributed by atoms with Gasteiger partial charge in [0.05, 0.1) is 0 Å². The van der Waals surface area contributed by atoms with Gasteiger partial charge in [0.1, 0.15) is 11.9 Å². The van der Waals surface area contributed by atoms with Crippen LogP contribution in [-0.2, 0) is 11.3 Å². The summed E-state index contributed by atoms with van der Waals surface area (Å²) in [7, 11) is 0. The van der Waals surface area contributed by atoms with Crippen LogP contribution in [0.1, 0.15) is 29.8 Å². The minimum atomic E-state index is -0.708. The van der Waals surface area contributed by atoms with E-state index in [0.717, 1.165) is 5.56 Å². The van der Waals surface area contributed by atoms with E-state index in [2.05, 4.69) is 10.6 Å². The zero-order chi connectivity index (χ0) is 18.4. The van der Waals surface area contributed by atoms with Gasteiger partial charge in [0, 0.05) is 17.1 Å². The van der Waals surface area contributed by atoms with E-state index in [1.807, 2.05) is 32.0 Å². The molecule has 0 aromatic heterocycles. The molecule has 0 radical (unpaired) electrons. The van der Waals surface area contributed by atoms with Gasteiger partial charge >= 0.3 is 0 Å². The van der Waals surface area contributed by atoms with Crippen molar-refractivity contribution in [3.63, 3.8) is 0 Å². The number of hydrogen-bond acceptors (Lipinski definition) is 2. The molecule has 0 spiro atoms. The number of nitrogens with one attached hydrogen (secondary N) is 2. The Bertz CT molecular complexity index is 747. The molecule has 0 aliphatic rings. The Hall–Kier alpha value is -2.40. The first-order valence-electron chi connectivity index (χ1n) is 7.96. The number of rotatable bonds is 6. The molecule has 2 aromatic carbocycles. The predicted octanol–water partition coefficient (Wildman–Crippen LogP) is 3.55. The molecule has 0 heterocycles. The van der Waals surface area contributed by atoms with Gasteiger partial charge in [0.15, 0.2) is 0 Å². The zero-order valence-electron chi connectivity index (χ0n) is 14.1. The quantitative estimate of drug-likeness (QED) is 0.825. The standard InChI is InChI=1S/C19H20ClFN2O2/c1-12(2)17(23-18(24)13-7-9-15(21)10-8-13)19(25)22-11-14-5-3-4-6-16(14)20/h3-10,12,17H,11H2,1-2H3,(H,22,25)(H,23,24)/t17-/m0/s1. The Morgan fingerprint density at radius 3 is 2.32 bits per heavy atom. The van der Waals surface area contributed by atoms with Crippen molar-refractivity contribution >= 4 is 23.4 Å². The fourth-order valence-electron chi connectivity index (χ4n) is 2.29. The number of hydrogen-bond donors (Lipinski definition) is 2. The van der Waals surface area contributed by atoms with E-state index in [9.17, 15) is 14.0 Å². The van der Waals surface area contributed by atoms with E-state index in [0.29, 0.717) is 10.6 Å². The number of carbonyl (C=O) groups excluding carboxylic acids is 2. The van der Waals surface area contributed by atoms with Crippen molar-refractivity contribution in [2.45, 2.75) is 26.4 Å². The minimum absolute atomic E-state index is 0.115. The SMILES string of the molecule is CC(C)[C@H](NC(=O)c1ccc(F)cc1)C(=O)NCc1ccccc1Cl. The highest BCUT2D eigenvalue weighted by atomic mass is 35.5. The maximum absolute atomic E-state index is 13.0. The van der Waals surface area contributed by atoms with Crippen molar-refractivity contribution < 1.29 is 14.0 Å². The van der Waals surface area contributed by atoms with Gasteiger partial charge in [-0.15, -0.1) is 0 Å². The van der Waals surface area contributed by atoms with Crippen LogP contribution in [0.3, 0.4) is 0 Å². The summed E-state index contributed by atoms with van der Waals surface area (Å²) in [5.41, 5.74) is 1.09. The number of amides is 2. The number of benzene rings is 2. The zero-order valence-corrected chi connectivity index (χ0v) is 14.8. The van der Waals surface area contributed by atoms with Gasteiger partial charge in [-0.25, -0.2) is 4.39 Å². The third kappa shape index (κ3) is 5.29. The van der Waals surface area contributed by atoms with E-state index >= 15 is 0 Å². The first-order chi connectivity index (χ1) is 11.9. The summed E-state index contributed by atoms with van der Waals surface area (Å²) < 4.78 is 13.0. The second-order valence-electron chi connectivity index (χ2n) is 6.01.